The molecule has 8 heteroatoms. The number of hydrogen-bond acceptors (Lipinski definition) is 6. The Morgan fingerprint density at radius 2 is 1.62 bits per heavy atom. The maximum Gasteiger partial charge on any atom is 0.408 e. The number of alkyl carbamates (subject to hydrolysis) is 1. The molecule has 1 atom stereocenters. The molecule has 0 bridgehead atoms. The Labute approximate surface area is 187 Å². The van der Waals surface area contributed by atoms with Crippen molar-refractivity contribution in [1.29, 1.82) is 0 Å². The number of esters is 1. The van der Waals surface area contributed by atoms with Crippen molar-refractivity contribution >= 4 is 18.0 Å². The van der Waals surface area contributed by atoms with Crippen LogP contribution in [-0.4, -0.2) is 41.3 Å². The molecular formula is C24H30N2O6. The van der Waals surface area contributed by atoms with E-state index in [1.807, 2.05) is 30.3 Å². The number of aromatic hydroxyl groups is 1. The van der Waals surface area contributed by atoms with E-state index in [4.69, 9.17) is 9.47 Å². The van der Waals surface area contributed by atoms with Crippen molar-refractivity contribution in [2.24, 2.45) is 0 Å². The van der Waals surface area contributed by atoms with Gasteiger partial charge in [0.05, 0.1) is 6.42 Å². The van der Waals surface area contributed by atoms with E-state index in [1.165, 1.54) is 0 Å². The van der Waals surface area contributed by atoms with Crippen LogP contribution >= 0.6 is 0 Å². The first kappa shape index (κ1) is 24.7. The Balaban J connectivity index is 1.93. The number of benzene rings is 2. The van der Waals surface area contributed by atoms with Gasteiger partial charge < -0.3 is 25.2 Å². The Morgan fingerprint density at radius 1 is 0.969 bits per heavy atom. The summed E-state index contributed by atoms with van der Waals surface area (Å²) >= 11 is 0. The van der Waals surface area contributed by atoms with Gasteiger partial charge in [0, 0.05) is 6.54 Å². The summed E-state index contributed by atoms with van der Waals surface area (Å²) in [5.41, 5.74) is 0.997. The summed E-state index contributed by atoms with van der Waals surface area (Å²) in [6.45, 7) is 5.49. The van der Waals surface area contributed by atoms with Gasteiger partial charge >= 0.3 is 12.1 Å². The quantitative estimate of drug-likeness (QED) is 0.514. The van der Waals surface area contributed by atoms with E-state index in [1.54, 1.807) is 45.0 Å². The highest BCUT2D eigenvalue weighted by Gasteiger charge is 2.27. The molecule has 0 fully saturated rings. The lowest BCUT2D eigenvalue weighted by Crippen LogP contribution is -2.49. The number of phenolic OH excluding ortho intramolecular Hbond substituents is 1. The molecule has 32 heavy (non-hydrogen) atoms. The van der Waals surface area contributed by atoms with Gasteiger partial charge in [0.1, 0.15) is 24.0 Å². The topological polar surface area (TPSA) is 114 Å². The van der Waals surface area contributed by atoms with E-state index >= 15 is 0 Å². The van der Waals surface area contributed by atoms with Gasteiger partial charge in [0.15, 0.2) is 0 Å². The van der Waals surface area contributed by atoms with E-state index in [0.29, 0.717) is 6.42 Å². The summed E-state index contributed by atoms with van der Waals surface area (Å²) < 4.78 is 10.4. The fourth-order valence-electron chi connectivity index (χ4n) is 2.78. The summed E-state index contributed by atoms with van der Waals surface area (Å²) in [4.78, 5) is 37.1. The molecule has 2 amide bonds. The number of carbonyl (C=O) groups is 3. The smallest absolute Gasteiger partial charge is 0.408 e. The van der Waals surface area contributed by atoms with E-state index in [2.05, 4.69) is 10.6 Å². The van der Waals surface area contributed by atoms with Gasteiger partial charge in [-0.3, -0.25) is 9.59 Å². The molecule has 0 aliphatic carbocycles. The van der Waals surface area contributed by atoms with Crippen molar-refractivity contribution in [3.63, 3.8) is 0 Å². The fraction of sp³-hybridized carbons (Fsp3) is 0.375. The van der Waals surface area contributed by atoms with Crippen LogP contribution in [-0.2, 0) is 32.1 Å². The minimum atomic E-state index is -1.15. The van der Waals surface area contributed by atoms with Crippen LogP contribution in [0, 0.1) is 0 Å². The molecule has 0 heterocycles. The normalized spacial score (nSPS) is 11.8. The number of amides is 2. The number of rotatable bonds is 9. The molecule has 0 aliphatic heterocycles. The molecule has 2 rings (SSSR count). The molecule has 2 aromatic carbocycles. The van der Waals surface area contributed by atoms with E-state index in [-0.39, 0.29) is 25.3 Å². The predicted octanol–water partition coefficient (Wildman–Crippen LogP) is 3.08. The third kappa shape index (κ3) is 9.51. The van der Waals surface area contributed by atoms with Gasteiger partial charge in [-0.1, -0.05) is 42.5 Å². The zero-order valence-corrected chi connectivity index (χ0v) is 18.6. The van der Waals surface area contributed by atoms with E-state index < -0.39 is 29.6 Å². The van der Waals surface area contributed by atoms with Crippen LogP contribution in [0.5, 0.6) is 5.75 Å². The summed E-state index contributed by atoms with van der Waals surface area (Å²) in [6.07, 6.45) is -0.622. The summed E-state index contributed by atoms with van der Waals surface area (Å²) in [5, 5.41) is 14.5. The Morgan fingerprint density at radius 3 is 2.25 bits per heavy atom. The average molecular weight is 443 g/mol. The molecule has 0 saturated carbocycles. The van der Waals surface area contributed by atoms with Crippen LogP contribution in [0.4, 0.5) is 4.79 Å². The number of hydrogen-bond donors (Lipinski definition) is 3. The molecule has 0 unspecified atom stereocenters. The molecule has 2 aromatic rings. The van der Waals surface area contributed by atoms with Gasteiger partial charge in [-0.05, 0) is 50.5 Å². The van der Waals surface area contributed by atoms with Crippen molar-refractivity contribution in [2.75, 3.05) is 6.54 Å². The highest BCUT2D eigenvalue weighted by molar-refractivity contribution is 5.89. The number of nitrogens with one attached hydrogen (secondary N) is 2. The Kier molecular flexibility index (Phi) is 9.07. The van der Waals surface area contributed by atoms with Crippen LogP contribution in [0.3, 0.4) is 0 Å². The monoisotopic (exact) mass is 442 g/mol. The third-order valence-corrected chi connectivity index (χ3v) is 4.26. The minimum absolute atomic E-state index is 0.0360. The highest BCUT2D eigenvalue weighted by Crippen LogP contribution is 2.11. The molecule has 8 nitrogen and oxygen atoms in total. The number of ether oxygens (including phenoxy) is 2. The second kappa shape index (κ2) is 11.7. The lowest BCUT2D eigenvalue weighted by Gasteiger charge is -2.22. The van der Waals surface area contributed by atoms with Crippen LogP contribution in [0.25, 0.3) is 0 Å². The van der Waals surface area contributed by atoms with Gasteiger partial charge in [-0.2, -0.15) is 0 Å². The zero-order valence-electron chi connectivity index (χ0n) is 18.6. The van der Waals surface area contributed by atoms with Gasteiger partial charge in [-0.15, -0.1) is 0 Å². The Bertz CT molecular complexity index is 891. The SMILES string of the molecule is CC(C)(C)OC(=O)C[C@@H](NC(=O)OCc1ccccc1)C(=O)NCCc1ccc(O)cc1. The van der Waals surface area contributed by atoms with Gasteiger partial charge in [0.2, 0.25) is 5.91 Å². The summed E-state index contributed by atoms with van der Waals surface area (Å²) in [6, 6.07) is 14.6. The van der Waals surface area contributed by atoms with Crippen molar-refractivity contribution in [3.05, 3.63) is 65.7 Å². The summed E-state index contributed by atoms with van der Waals surface area (Å²) in [7, 11) is 0. The minimum Gasteiger partial charge on any atom is -0.508 e. The maximum atomic E-state index is 12.7. The van der Waals surface area contributed by atoms with Crippen LogP contribution < -0.4 is 10.6 Å². The first-order valence-electron chi connectivity index (χ1n) is 10.4. The largest absolute Gasteiger partial charge is 0.508 e. The molecular weight excluding hydrogens is 412 g/mol. The van der Waals surface area contributed by atoms with Crippen molar-refractivity contribution in [2.45, 2.75) is 51.9 Å². The first-order chi connectivity index (χ1) is 15.1. The summed E-state index contributed by atoms with van der Waals surface area (Å²) in [5.74, 6) is -0.973. The van der Waals surface area contributed by atoms with Crippen LogP contribution in [0.15, 0.2) is 54.6 Å². The Hall–Kier alpha value is -3.55. The molecule has 0 aromatic heterocycles. The van der Waals surface area contributed by atoms with Crippen molar-refractivity contribution < 1.29 is 29.0 Å². The fourth-order valence-corrected chi connectivity index (χ4v) is 2.78. The number of phenols is 1. The second-order valence-electron chi connectivity index (χ2n) is 8.26. The van der Waals surface area contributed by atoms with E-state index in [9.17, 15) is 19.5 Å². The predicted molar refractivity (Wildman–Crippen MR) is 119 cm³/mol. The molecule has 0 aliphatic rings. The molecule has 3 N–H and O–H groups in total. The average Bonchev–Trinajstić information content (AvgIpc) is 2.72. The van der Waals surface area contributed by atoms with Gasteiger partial charge in [0.25, 0.3) is 0 Å². The molecule has 0 spiro atoms. The van der Waals surface area contributed by atoms with Gasteiger partial charge in [-0.25, -0.2) is 4.79 Å². The van der Waals surface area contributed by atoms with Crippen LogP contribution in [0.1, 0.15) is 38.3 Å². The first-order valence-corrected chi connectivity index (χ1v) is 10.4. The standard InChI is InChI=1S/C24H30N2O6/c1-24(2,3)32-21(28)15-20(26-23(30)31-16-18-7-5-4-6-8-18)22(29)25-14-13-17-9-11-19(27)12-10-17/h4-12,20,27H,13-16H2,1-3H3,(H,25,29)(H,26,30)/t20-/m1/s1. The molecule has 0 radical (unpaired) electrons. The van der Waals surface area contributed by atoms with Crippen molar-refractivity contribution in [3.8, 4) is 5.75 Å². The lowest BCUT2D eigenvalue weighted by atomic mass is 10.1. The maximum absolute atomic E-state index is 12.7. The molecule has 172 valence electrons. The molecule has 0 saturated heterocycles. The van der Waals surface area contributed by atoms with E-state index in [0.717, 1.165) is 11.1 Å². The van der Waals surface area contributed by atoms with Crippen LogP contribution in [0.2, 0.25) is 0 Å². The second-order valence-corrected chi connectivity index (χ2v) is 8.26. The highest BCUT2D eigenvalue weighted by atomic mass is 16.6. The van der Waals surface area contributed by atoms with Crippen molar-refractivity contribution in [1.82, 2.24) is 10.6 Å². The third-order valence-electron chi connectivity index (χ3n) is 4.26. The lowest BCUT2D eigenvalue weighted by molar-refractivity contribution is -0.156. The zero-order chi connectivity index (χ0) is 23.6. The number of carbonyl (C=O) groups excluding carboxylic acids is 3.